The minimum atomic E-state index is -0.493. The smallest absolute Gasteiger partial charge is 0.328 e. The molecule has 6 heteroatoms. The second kappa shape index (κ2) is 7.27. The SMILES string of the molecule is CCOc1cccc(Cc2cn(CCC#N)c(=O)[nH]c2=O)c1. The van der Waals surface area contributed by atoms with Crippen LogP contribution >= 0.6 is 0 Å². The second-order valence-electron chi connectivity index (χ2n) is 4.77. The summed E-state index contributed by atoms with van der Waals surface area (Å²) in [5.74, 6) is 0.745. The minimum Gasteiger partial charge on any atom is -0.494 e. The van der Waals surface area contributed by atoms with Gasteiger partial charge in [-0.1, -0.05) is 12.1 Å². The molecule has 1 aromatic carbocycles. The Hall–Kier alpha value is -2.81. The van der Waals surface area contributed by atoms with Crippen molar-refractivity contribution in [2.24, 2.45) is 0 Å². The lowest BCUT2D eigenvalue weighted by Gasteiger charge is -2.08. The van der Waals surface area contributed by atoms with Gasteiger partial charge >= 0.3 is 5.69 Å². The Morgan fingerprint density at radius 2 is 2.18 bits per heavy atom. The van der Waals surface area contributed by atoms with E-state index in [1.165, 1.54) is 10.8 Å². The van der Waals surface area contributed by atoms with Gasteiger partial charge in [-0.2, -0.15) is 5.26 Å². The summed E-state index contributed by atoms with van der Waals surface area (Å²) in [5, 5.41) is 8.61. The van der Waals surface area contributed by atoms with Crippen molar-refractivity contribution < 1.29 is 4.74 Å². The van der Waals surface area contributed by atoms with Gasteiger partial charge in [0.15, 0.2) is 0 Å². The molecule has 2 aromatic rings. The molecule has 0 aliphatic rings. The van der Waals surface area contributed by atoms with Gasteiger partial charge in [-0.05, 0) is 24.6 Å². The zero-order chi connectivity index (χ0) is 15.9. The Kier molecular flexibility index (Phi) is 5.15. The van der Waals surface area contributed by atoms with E-state index in [1.54, 1.807) is 0 Å². The van der Waals surface area contributed by atoms with Crippen molar-refractivity contribution in [1.29, 1.82) is 5.26 Å². The molecule has 0 saturated carbocycles. The summed E-state index contributed by atoms with van der Waals surface area (Å²) in [4.78, 5) is 25.9. The van der Waals surface area contributed by atoms with E-state index in [0.717, 1.165) is 11.3 Å². The van der Waals surface area contributed by atoms with Crippen LogP contribution < -0.4 is 16.0 Å². The minimum absolute atomic E-state index is 0.214. The zero-order valence-electron chi connectivity index (χ0n) is 12.3. The molecule has 0 atom stereocenters. The Labute approximate surface area is 127 Å². The van der Waals surface area contributed by atoms with Crippen molar-refractivity contribution in [3.63, 3.8) is 0 Å². The number of nitrogens with one attached hydrogen (secondary N) is 1. The first-order chi connectivity index (χ1) is 10.6. The standard InChI is InChI=1S/C16H17N3O3/c1-2-22-14-6-3-5-12(10-14)9-13-11-19(8-4-7-17)16(21)18-15(13)20/h3,5-6,10-11H,2,4,8-9H2,1H3,(H,18,20,21). The van der Waals surface area contributed by atoms with Crippen LogP contribution in [0.3, 0.4) is 0 Å². The first kappa shape index (κ1) is 15.6. The molecule has 0 aliphatic heterocycles. The molecule has 22 heavy (non-hydrogen) atoms. The van der Waals surface area contributed by atoms with Gasteiger partial charge in [0.05, 0.1) is 19.1 Å². The molecule has 0 amide bonds. The number of benzene rings is 1. The number of rotatable bonds is 6. The number of hydrogen-bond donors (Lipinski definition) is 1. The van der Waals surface area contributed by atoms with E-state index in [1.807, 2.05) is 37.3 Å². The summed E-state index contributed by atoms with van der Waals surface area (Å²) < 4.78 is 6.79. The third kappa shape index (κ3) is 3.85. The number of ether oxygens (including phenoxy) is 1. The number of aryl methyl sites for hydroxylation is 1. The van der Waals surface area contributed by atoms with Crippen LogP contribution in [-0.4, -0.2) is 16.2 Å². The highest BCUT2D eigenvalue weighted by Crippen LogP contribution is 2.15. The van der Waals surface area contributed by atoms with Crippen LogP contribution in [-0.2, 0) is 13.0 Å². The number of aromatic nitrogens is 2. The lowest BCUT2D eigenvalue weighted by atomic mass is 10.1. The summed E-state index contributed by atoms with van der Waals surface area (Å²) in [5.41, 5.74) is 0.500. The lowest BCUT2D eigenvalue weighted by Crippen LogP contribution is -2.31. The average Bonchev–Trinajstić information content (AvgIpc) is 2.49. The van der Waals surface area contributed by atoms with Gasteiger partial charge in [-0.3, -0.25) is 14.3 Å². The predicted octanol–water partition coefficient (Wildman–Crippen LogP) is 1.44. The fourth-order valence-electron chi connectivity index (χ4n) is 2.15. The van der Waals surface area contributed by atoms with Crippen LogP contribution in [0.15, 0.2) is 40.1 Å². The maximum absolute atomic E-state index is 11.9. The number of nitrogens with zero attached hydrogens (tertiary/aromatic N) is 2. The van der Waals surface area contributed by atoms with Crippen molar-refractivity contribution in [2.75, 3.05) is 6.61 Å². The molecule has 0 spiro atoms. The second-order valence-corrected chi connectivity index (χ2v) is 4.77. The van der Waals surface area contributed by atoms with Crippen LogP contribution in [0.1, 0.15) is 24.5 Å². The normalized spacial score (nSPS) is 10.2. The van der Waals surface area contributed by atoms with Gasteiger partial charge in [0.1, 0.15) is 5.75 Å². The molecule has 0 radical (unpaired) electrons. The average molecular weight is 299 g/mol. The molecular weight excluding hydrogens is 282 g/mol. The Balaban J connectivity index is 2.29. The molecule has 1 heterocycles. The van der Waals surface area contributed by atoms with E-state index in [0.29, 0.717) is 18.6 Å². The molecule has 6 nitrogen and oxygen atoms in total. The third-order valence-electron chi connectivity index (χ3n) is 3.15. The first-order valence-electron chi connectivity index (χ1n) is 7.05. The third-order valence-corrected chi connectivity index (χ3v) is 3.15. The topological polar surface area (TPSA) is 87.9 Å². The quantitative estimate of drug-likeness (QED) is 0.874. The van der Waals surface area contributed by atoms with Crippen molar-refractivity contribution >= 4 is 0 Å². The highest BCUT2D eigenvalue weighted by molar-refractivity contribution is 5.31. The van der Waals surface area contributed by atoms with Crippen molar-refractivity contribution in [1.82, 2.24) is 9.55 Å². The summed E-state index contributed by atoms with van der Waals surface area (Å²) in [6.07, 6.45) is 2.13. The molecule has 2 rings (SSSR count). The van der Waals surface area contributed by atoms with E-state index < -0.39 is 11.2 Å². The monoisotopic (exact) mass is 299 g/mol. The van der Waals surface area contributed by atoms with Crippen molar-refractivity contribution in [2.45, 2.75) is 26.3 Å². The Bertz CT molecular complexity index is 799. The summed E-state index contributed by atoms with van der Waals surface area (Å²) in [6, 6.07) is 9.46. The molecular formula is C16H17N3O3. The van der Waals surface area contributed by atoms with Gasteiger partial charge in [0.2, 0.25) is 0 Å². The van der Waals surface area contributed by atoms with E-state index in [-0.39, 0.29) is 13.0 Å². The molecule has 0 aliphatic carbocycles. The molecule has 1 N–H and O–H groups in total. The van der Waals surface area contributed by atoms with E-state index in [2.05, 4.69) is 4.98 Å². The van der Waals surface area contributed by atoms with Crippen LogP contribution in [0.2, 0.25) is 0 Å². The first-order valence-corrected chi connectivity index (χ1v) is 7.05. The molecule has 1 aromatic heterocycles. The van der Waals surface area contributed by atoms with Crippen molar-refractivity contribution in [3.05, 3.63) is 62.4 Å². The maximum atomic E-state index is 11.9. The van der Waals surface area contributed by atoms with Crippen LogP contribution in [0.25, 0.3) is 0 Å². The largest absolute Gasteiger partial charge is 0.494 e. The Morgan fingerprint density at radius 1 is 1.36 bits per heavy atom. The lowest BCUT2D eigenvalue weighted by molar-refractivity contribution is 0.340. The van der Waals surface area contributed by atoms with E-state index in [4.69, 9.17) is 10.00 Å². The van der Waals surface area contributed by atoms with Gasteiger partial charge in [-0.25, -0.2) is 4.79 Å². The highest BCUT2D eigenvalue weighted by Gasteiger charge is 2.06. The molecule has 114 valence electrons. The number of H-pyrrole nitrogens is 1. The highest BCUT2D eigenvalue weighted by atomic mass is 16.5. The number of nitriles is 1. The van der Waals surface area contributed by atoms with Gasteiger partial charge in [0.25, 0.3) is 5.56 Å². The number of hydrogen-bond acceptors (Lipinski definition) is 4. The van der Waals surface area contributed by atoms with Crippen LogP contribution in [0.4, 0.5) is 0 Å². The summed E-state index contributed by atoms with van der Waals surface area (Å²) in [6.45, 7) is 2.74. The van der Waals surface area contributed by atoms with Crippen LogP contribution in [0, 0.1) is 11.3 Å². The number of aromatic amines is 1. The van der Waals surface area contributed by atoms with E-state index >= 15 is 0 Å². The van der Waals surface area contributed by atoms with E-state index in [9.17, 15) is 9.59 Å². The zero-order valence-corrected chi connectivity index (χ0v) is 12.3. The fraction of sp³-hybridized carbons (Fsp3) is 0.312. The van der Waals surface area contributed by atoms with Gasteiger partial charge in [-0.15, -0.1) is 0 Å². The Morgan fingerprint density at radius 3 is 2.91 bits per heavy atom. The molecule has 0 fully saturated rings. The fourth-order valence-corrected chi connectivity index (χ4v) is 2.15. The van der Waals surface area contributed by atoms with Gasteiger partial charge < -0.3 is 4.74 Å². The van der Waals surface area contributed by atoms with Crippen molar-refractivity contribution in [3.8, 4) is 11.8 Å². The van der Waals surface area contributed by atoms with Crippen LogP contribution in [0.5, 0.6) is 5.75 Å². The predicted molar refractivity (Wildman–Crippen MR) is 82.0 cm³/mol. The molecule has 0 saturated heterocycles. The molecule has 0 bridgehead atoms. The summed E-state index contributed by atoms with van der Waals surface area (Å²) >= 11 is 0. The summed E-state index contributed by atoms with van der Waals surface area (Å²) in [7, 11) is 0. The maximum Gasteiger partial charge on any atom is 0.328 e. The molecule has 0 unspecified atom stereocenters. The van der Waals surface area contributed by atoms with Gasteiger partial charge in [0, 0.05) is 24.7 Å².